The van der Waals surface area contributed by atoms with Crippen molar-refractivity contribution in [1.82, 2.24) is 0 Å². The van der Waals surface area contributed by atoms with Gasteiger partial charge >= 0.3 is 0 Å². The molecule has 0 radical (unpaired) electrons. The van der Waals surface area contributed by atoms with E-state index in [9.17, 15) is 0 Å². The molecular formula is C29H42. The van der Waals surface area contributed by atoms with Crippen LogP contribution < -0.4 is 0 Å². The van der Waals surface area contributed by atoms with Crippen molar-refractivity contribution >= 4 is 0 Å². The maximum absolute atomic E-state index is 2.52. The monoisotopic (exact) mass is 390 g/mol. The van der Waals surface area contributed by atoms with Crippen molar-refractivity contribution in [3.8, 4) is 11.1 Å². The lowest BCUT2D eigenvalue weighted by Crippen LogP contribution is -2.22. The lowest BCUT2D eigenvalue weighted by Gasteiger charge is -2.32. The van der Waals surface area contributed by atoms with Gasteiger partial charge in [0.15, 0.2) is 0 Å². The largest absolute Gasteiger partial charge is 0.0561 e. The molecule has 0 amide bonds. The summed E-state index contributed by atoms with van der Waals surface area (Å²) < 4.78 is 0. The van der Waals surface area contributed by atoms with Gasteiger partial charge in [-0.15, -0.1) is 0 Å². The Hall–Kier alpha value is -1.56. The summed E-state index contributed by atoms with van der Waals surface area (Å²) >= 11 is 0. The minimum absolute atomic E-state index is 0.138. The highest BCUT2D eigenvalue weighted by Gasteiger charge is 2.32. The van der Waals surface area contributed by atoms with Crippen molar-refractivity contribution in [2.24, 2.45) is 0 Å². The van der Waals surface area contributed by atoms with E-state index in [0.29, 0.717) is 0 Å². The van der Waals surface area contributed by atoms with Gasteiger partial charge in [0.25, 0.3) is 0 Å². The second-order valence-electron chi connectivity index (χ2n) is 13.3. The van der Waals surface area contributed by atoms with Crippen molar-refractivity contribution in [1.29, 1.82) is 0 Å². The third-order valence-corrected chi connectivity index (χ3v) is 6.39. The summed E-state index contributed by atoms with van der Waals surface area (Å²) in [5, 5.41) is 0. The van der Waals surface area contributed by atoms with E-state index < -0.39 is 0 Å². The molecule has 1 aliphatic carbocycles. The van der Waals surface area contributed by atoms with Crippen LogP contribution in [0.4, 0.5) is 0 Å². The van der Waals surface area contributed by atoms with Gasteiger partial charge in [0, 0.05) is 0 Å². The van der Waals surface area contributed by atoms with Gasteiger partial charge in [0.2, 0.25) is 0 Å². The standard InChI is InChI=1S/C29H42/c1-26(2,3)22-14-18-13-19-15-23(27(4,5)6)25(29(10,11)12)17-21(19)20(18)16-24(22)28(7,8)9/h14-17H,13H2,1-12H3. The maximum atomic E-state index is 2.52. The Balaban J connectivity index is 2.32. The van der Waals surface area contributed by atoms with Gasteiger partial charge in [0.05, 0.1) is 0 Å². The van der Waals surface area contributed by atoms with Gasteiger partial charge in [-0.05, 0) is 72.6 Å². The number of hydrogen-bond donors (Lipinski definition) is 0. The fourth-order valence-corrected chi connectivity index (χ4v) is 4.77. The van der Waals surface area contributed by atoms with Crippen molar-refractivity contribution in [2.45, 2.75) is 111 Å². The van der Waals surface area contributed by atoms with Crippen LogP contribution >= 0.6 is 0 Å². The molecule has 0 bridgehead atoms. The van der Waals surface area contributed by atoms with Gasteiger partial charge in [-0.2, -0.15) is 0 Å². The molecule has 0 saturated carbocycles. The predicted molar refractivity (Wildman–Crippen MR) is 129 cm³/mol. The summed E-state index contributed by atoms with van der Waals surface area (Å²) in [6, 6.07) is 10.1. The zero-order valence-corrected chi connectivity index (χ0v) is 21.0. The molecule has 0 nitrogen and oxygen atoms in total. The molecule has 29 heavy (non-hydrogen) atoms. The molecule has 158 valence electrons. The van der Waals surface area contributed by atoms with E-state index in [-0.39, 0.29) is 21.7 Å². The zero-order valence-electron chi connectivity index (χ0n) is 21.0. The number of benzene rings is 2. The fraction of sp³-hybridized carbons (Fsp3) is 0.586. The Morgan fingerprint density at radius 1 is 0.414 bits per heavy atom. The van der Waals surface area contributed by atoms with E-state index in [1.54, 1.807) is 0 Å². The molecular weight excluding hydrogens is 348 g/mol. The SMILES string of the molecule is CC(C)(C)c1cc2c(cc1C(C)(C)C)-c1cc(C(C)(C)C)c(C(C)(C)C)cc1C2. The molecule has 0 saturated heterocycles. The Morgan fingerprint density at radius 2 is 0.655 bits per heavy atom. The molecule has 2 aromatic rings. The lowest BCUT2D eigenvalue weighted by atomic mass is 9.73. The first-order valence-electron chi connectivity index (χ1n) is 11.3. The van der Waals surface area contributed by atoms with Crippen molar-refractivity contribution in [2.75, 3.05) is 0 Å². The molecule has 0 atom stereocenters. The maximum Gasteiger partial charge on any atom is -0.00132 e. The highest BCUT2D eigenvalue weighted by Crippen LogP contribution is 2.46. The summed E-state index contributed by atoms with van der Waals surface area (Å²) in [6.45, 7) is 28.2. The summed E-state index contributed by atoms with van der Waals surface area (Å²) in [5.41, 5.74) is 12.5. The predicted octanol–water partition coefficient (Wildman–Crippen LogP) is 8.45. The van der Waals surface area contributed by atoms with Crippen LogP contribution in [0.15, 0.2) is 24.3 Å². The number of hydrogen-bond acceptors (Lipinski definition) is 0. The molecule has 3 rings (SSSR count). The van der Waals surface area contributed by atoms with E-state index in [4.69, 9.17) is 0 Å². The lowest BCUT2D eigenvalue weighted by molar-refractivity contribution is 0.530. The van der Waals surface area contributed by atoms with Crippen LogP contribution in [0.5, 0.6) is 0 Å². The van der Waals surface area contributed by atoms with Gasteiger partial charge in [0.1, 0.15) is 0 Å². The first-order valence-corrected chi connectivity index (χ1v) is 11.3. The van der Waals surface area contributed by atoms with Crippen LogP contribution in [0.25, 0.3) is 11.1 Å². The minimum Gasteiger partial charge on any atom is -0.0561 e. The second kappa shape index (κ2) is 6.47. The Kier molecular flexibility index (Phi) is 4.94. The molecule has 0 heterocycles. The fourth-order valence-electron chi connectivity index (χ4n) is 4.77. The molecule has 0 N–H and O–H groups in total. The highest BCUT2D eigenvalue weighted by atomic mass is 14.4. The van der Waals surface area contributed by atoms with E-state index in [1.807, 2.05) is 0 Å². The molecule has 0 spiro atoms. The Bertz CT molecular complexity index is 862. The van der Waals surface area contributed by atoms with Gasteiger partial charge in [-0.25, -0.2) is 0 Å². The van der Waals surface area contributed by atoms with Crippen LogP contribution in [0.2, 0.25) is 0 Å². The van der Waals surface area contributed by atoms with Crippen molar-refractivity contribution < 1.29 is 0 Å². The van der Waals surface area contributed by atoms with Crippen molar-refractivity contribution in [3.63, 3.8) is 0 Å². The molecule has 0 fully saturated rings. The second-order valence-corrected chi connectivity index (χ2v) is 13.3. The van der Waals surface area contributed by atoms with Crippen LogP contribution in [0, 0.1) is 0 Å². The first kappa shape index (κ1) is 22.1. The third-order valence-electron chi connectivity index (χ3n) is 6.39. The van der Waals surface area contributed by atoms with Crippen LogP contribution in [-0.4, -0.2) is 0 Å². The van der Waals surface area contributed by atoms with E-state index in [0.717, 1.165) is 6.42 Å². The summed E-state index contributed by atoms with van der Waals surface area (Å²) in [6.07, 6.45) is 1.06. The van der Waals surface area contributed by atoms with Gasteiger partial charge in [-0.3, -0.25) is 0 Å². The minimum atomic E-state index is 0.138. The van der Waals surface area contributed by atoms with Crippen molar-refractivity contribution in [3.05, 3.63) is 57.6 Å². The van der Waals surface area contributed by atoms with Gasteiger partial charge < -0.3 is 0 Å². The van der Waals surface area contributed by atoms with Crippen LogP contribution in [-0.2, 0) is 28.1 Å². The highest BCUT2D eigenvalue weighted by molar-refractivity contribution is 5.80. The average Bonchev–Trinajstić information content (AvgIpc) is 2.86. The summed E-state index contributed by atoms with van der Waals surface area (Å²) in [5.74, 6) is 0. The Morgan fingerprint density at radius 3 is 0.897 bits per heavy atom. The number of fused-ring (bicyclic) bond motifs is 3. The smallest absolute Gasteiger partial charge is 0.00132 e. The molecule has 1 aliphatic rings. The van der Waals surface area contributed by atoms with Crippen LogP contribution in [0.3, 0.4) is 0 Å². The van der Waals surface area contributed by atoms with E-state index in [2.05, 4.69) is 107 Å². The van der Waals surface area contributed by atoms with Gasteiger partial charge in [-0.1, -0.05) is 107 Å². The third kappa shape index (κ3) is 4.05. The van der Waals surface area contributed by atoms with E-state index >= 15 is 0 Å². The molecule has 0 heteroatoms. The zero-order chi connectivity index (χ0) is 22.2. The Labute approximate surface area is 180 Å². The molecule has 0 aromatic heterocycles. The van der Waals surface area contributed by atoms with E-state index in [1.165, 1.54) is 44.5 Å². The molecule has 0 unspecified atom stereocenters. The molecule has 2 aromatic carbocycles. The number of rotatable bonds is 0. The first-order chi connectivity index (χ1) is 12.9. The summed E-state index contributed by atoms with van der Waals surface area (Å²) in [7, 11) is 0. The normalized spacial score (nSPS) is 14.8. The quantitative estimate of drug-likeness (QED) is 0.361. The average molecular weight is 391 g/mol. The molecule has 0 aliphatic heterocycles. The summed E-state index contributed by atoms with van der Waals surface area (Å²) in [4.78, 5) is 0. The topological polar surface area (TPSA) is 0 Å². The van der Waals surface area contributed by atoms with Crippen LogP contribution in [0.1, 0.15) is 116 Å².